The second-order valence-electron chi connectivity index (χ2n) is 7.25. The zero-order valence-electron chi connectivity index (χ0n) is 17.4. The second-order valence-corrected chi connectivity index (χ2v) is 7.25. The number of fused-ring (bicyclic) bond motifs is 1. The third-order valence-corrected chi connectivity index (χ3v) is 4.66. The number of rotatable bonds is 11. The molecule has 9 N–H and O–H groups in total. The molecule has 0 fully saturated rings. The van der Waals surface area contributed by atoms with E-state index in [4.69, 9.17) is 16.6 Å². The Morgan fingerprint density at radius 2 is 1.78 bits per heavy atom. The van der Waals surface area contributed by atoms with Crippen molar-refractivity contribution < 1.29 is 29.1 Å². The molecular weight excluding hydrogens is 420 g/mol. The normalized spacial score (nSPS) is 13.6. The first-order valence-corrected chi connectivity index (χ1v) is 9.77. The minimum absolute atomic E-state index is 0.233. The Bertz CT molecular complexity index is 1020. The Kier molecular flexibility index (Phi) is 8.30. The van der Waals surface area contributed by atoms with E-state index < -0.39 is 60.7 Å². The molecule has 0 bridgehead atoms. The molecule has 32 heavy (non-hydrogen) atoms. The highest BCUT2D eigenvalue weighted by molar-refractivity contribution is 5.95. The number of para-hydroxylation sites is 1. The number of nitrogens with one attached hydrogen (secondary N) is 4. The van der Waals surface area contributed by atoms with Gasteiger partial charge in [0, 0.05) is 17.1 Å². The van der Waals surface area contributed by atoms with Crippen molar-refractivity contribution in [1.82, 2.24) is 20.9 Å². The Labute approximate surface area is 183 Å². The van der Waals surface area contributed by atoms with Crippen LogP contribution in [0.25, 0.3) is 10.9 Å². The van der Waals surface area contributed by atoms with E-state index in [9.17, 15) is 24.0 Å². The van der Waals surface area contributed by atoms with E-state index in [1.54, 1.807) is 6.20 Å². The number of hydrogen-bond acceptors (Lipinski definition) is 6. The van der Waals surface area contributed by atoms with Crippen molar-refractivity contribution in [3.8, 4) is 0 Å². The Morgan fingerprint density at radius 3 is 2.44 bits per heavy atom. The van der Waals surface area contributed by atoms with Crippen molar-refractivity contribution in [2.45, 2.75) is 37.9 Å². The molecular formula is C20H26N6O6. The lowest BCUT2D eigenvalue weighted by Crippen LogP contribution is -2.54. The van der Waals surface area contributed by atoms with Crippen molar-refractivity contribution >= 4 is 40.5 Å². The highest BCUT2D eigenvalue weighted by Crippen LogP contribution is 2.18. The van der Waals surface area contributed by atoms with Crippen molar-refractivity contribution in [2.75, 3.05) is 6.54 Å². The van der Waals surface area contributed by atoms with Crippen LogP contribution in [0.5, 0.6) is 0 Å². The number of carbonyl (C=O) groups is 5. The van der Waals surface area contributed by atoms with Crippen molar-refractivity contribution in [3.63, 3.8) is 0 Å². The van der Waals surface area contributed by atoms with Crippen LogP contribution in [-0.4, -0.2) is 64.4 Å². The lowest BCUT2D eigenvalue weighted by atomic mass is 10.1. The highest BCUT2D eigenvalue weighted by atomic mass is 16.4. The van der Waals surface area contributed by atoms with E-state index in [2.05, 4.69) is 20.9 Å². The Hall–Kier alpha value is -3.93. The molecule has 0 saturated carbocycles. The zero-order valence-corrected chi connectivity index (χ0v) is 17.4. The fraction of sp³-hybridized carbons (Fsp3) is 0.350. The molecule has 12 nitrogen and oxygen atoms in total. The molecule has 0 radical (unpaired) electrons. The molecule has 0 aliphatic rings. The van der Waals surface area contributed by atoms with Crippen LogP contribution in [0, 0.1) is 0 Å². The summed E-state index contributed by atoms with van der Waals surface area (Å²) in [5.41, 5.74) is 12.8. The maximum Gasteiger partial charge on any atom is 0.325 e. The second kappa shape index (κ2) is 10.9. The van der Waals surface area contributed by atoms with Gasteiger partial charge in [-0.3, -0.25) is 24.0 Å². The summed E-state index contributed by atoms with van der Waals surface area (Å²) < 4.78 is 0. The number of aliphatic carboxylic acids is 1. The molecule has 2 rings (SSSR count). The van der Waals surface area contributed by atoms with Crippen molar-refractivity contribution in [1.29, 1.82) is 0 Å². The fourth-order valence-electron chi connectivity index (χ4n) is 2.96. The number of benzene rings is 1. The number of nitrogens with two attached hydrogens (primary N) is 2. The minimum atomic E-state index is -1.39. The molecule has 12 heteroatoms. The monoisotopic (exact) mass is 446 g/mol. The van der Waals surface area contributed by atoms with Crippen molar-refractivity contribution in [2.24, 2.45) is 11.5 Å². The molecule has 0 aliphatic heterocycles. The summed E-state index contributed by atoms with van der Waals surface area (Å²) in [6, 6.07) is 3.98. The maximum absolute atomic E-state index is 12.3. The lowest BCUT2D eigenvalue weighted by molar-refractivity contribution is -0.141. The molecule has 3 atom stereocenters. The first-order chi connectivity index (χ1) is 15.1. The Morgan fingerprint density at radius 1 is 1.09 bits per heavy atom. The van der Waals surface area contributed by atoms with Crippen LogP contribution in [0.4, 0.5) is 0 Å². The van der Waals surface area contributed by atoms with Gasteiger partial charge in [0.2, 0.25) is 23.6 Å². The minimum Gasteiger partial charge on any atom is -0.480 e. The van der Waals surface area contributed by atoms with E-state index in [0.29, 0.717) is 0 Å². The SMILES string of the molecule is CC(NC(=O)C(CC(N)=O)NC(=O)CNC(=O)C(N)Cc1c[nH]c2ccccc12)C(=O)O. The van der Waals surface area contributed by atoms with Gasteiger partial charge in [0.1, 0.15) is 12.1 Å². The van der Waals surface area contributed by atoms with Gasteiger partial charge in [0.25, 0.3) is 0 Å². The zero-order chi connectivity index (χ0) is 23.8. The first-order valence-electron chi connectivity index (χ1n) is 9.77. The summed E-state index contributed by atoms with van der Waals surface area (Å²) >= 11 is 0. The van der Waals surface area contributed by atoms with Gasteiger partial charge in [-0.1, -0.05) is 18.2 Å². The van der Waals surface area contributed by atoms with Crippen LogP contribution in [-0.2, 0) is 30.4 Å². The number of H-pyrrole nitrogens is 1. The van der Waals surface area contributed by atoms with Gasteiger partial charge < -0.3 is 37.5 Å². The fourth-order valence-corrected chi connectivity index (χ4v) is 2.96. The standard InChI is InChI=1S/C20H26N6O6/c1-10(20(31)32)25-19(30)15(7-16(22)27)26-17(28)9-24-18(29)13(21)6-11-8-23-14-5-3-2-4-12(11)14/h2-5,8,10,13,15,23H,6-7,9,21H2,1H3,(H2,22,27)(H,24,29)(H,25,30)(H,26,28)(H,31,32). The molecule has 172 valence electrons. The summed E-state index contributed by atoms with van der Waals surface area (Å²) in [6.07, 6.45) is 1.45. The van der Waals surface area contributed by atoms with Gasteiger partial charge in [-0.2, -0.15) is 0 Å². The van der Waals surface area contributed by atoms with E-state index in [1.165, 1.54) is 6.92 Å². The van der Waals surface area contributed by atoms with Crippen LogP contribution >= 0.6 is 0 Å². The number of aromatic nitrogens is 1. The number of hydrogen-bond donors (Lipinski definition) is 7. The summed E-state index contributed by atoms with van der Waals surface area (Å²) in [7, 11) is 0. The summed E-state index contributed by atoms with van der Waals surface area (Å²) in [4.78, 5) is 61.8. The van der Waals surface area contributed by atoms with Crippen LogP contribution in [0.3, 0.4) is 0 Å². The van der Waals surface area contributed by atoms with Gasteiger partial charge in [0.15, 0.2) is 0 Å². The molecule has 1 heterocycles. The molecule has 3 unspecified atom stereocenters. The van der Waals surface area contributed by atoms with E-state index >= 15 is 0 Å². The number of carboxylic acids is 1. The summed E-state index contributed by atoms with van der Waals surface area (Å²) in [5.74, 6) is -4.42. The number of amides is 4. The average molecular weight is 446 g/mol. The first kappa shape index (κ1) is 24.3. The molecule has 2 aromatic rings. The summed E-state index contributed by atoms with van der Waals surface area (Å²) in [5, 5.41) is 16.6. The number of primary amides is 1. The molecule has 0 spiro atoms. The molecule has 0 aliphatic carbocycles. The van der Waals surface area contributed by atoms with Gasteiger partial charge in [0.05, 0.1) is 19.0 Å². The third-order valence-electron chi connectivity index (χ3n) is 4.66. The van der Waals surface area contributed by atoms with Gasteiger partial charge in [-0.25, -0.2) is 0 Å². The maximum atomic E-state index is 12.3. The predicted molar refractivity (Wildman–Crippen MR) is 114 cm³/mol. The van der Waals surface area contributed by atoms with Crippen molar-refractivity contribution in [3.05, 3.63) is 36.0 Å². The molecule has 0 saturated heterocycles. The predicted octanol–water partition coefficient (Wildman–Crippen LogP) is -1.90. The number of carbonyl (C=O) groups excluding carboxylic acids is 4. The van der Waals surface area contributed by atoms with E-state index in [0.717, 1.165) is 16.5 Å². The van der Waals surface area contributed by atoms with E-state index in [1.807, 2.05) is 24.3 Å². The van der Waals surface area contributed by atoms with Crippen LogP contribution < -0.4 is 27.4 Å². The lowest BCUT2D eigenvalue weighted by Gasteiger charge is -2.19. The highest BCUT2D eigenvalue weighted by Gasteiger charge is 2.26. The van der Waals surface area contributed by atoms with Crippen LogP contribution in [0.1, 0.15) is 18.9 Å². The molecule has 4 amide bonds. The number of aromatic amines is 1. The summed E-state index contributed by atoms with van der Waals surface area (Å²) in [6.45, 7) is 0.718. The smallest absolute Gasteiger partial charge is 0.325 e. The van der Waals surface area contributed by atoms with E-state index in [-0.39, 0.29) is 6.42 Å². The number of carboxylic acid groups (broad SMARTS) is 1. The average Bonchev–Trinajstić information content (AvgIpc) is 3.13. The largest absolute Gasteiger partial charge is 0.480 e. The quantitative estimate of drug-likeness (QED) is 0.208. The topological polar surface area (TPSA) is 209 Å². The third kappa shape index (κ3) is 6.80. The molecule has 1 aromatic heterocycles. The Balaban J connectivity index is 1.89. The van der Waals surface area contributed by atoms with Gasteiger partial charge in [-0.15, -0.1) is 0 Å². The molecule has 1 aromatic carbocycles. The van der Waals surface area contributed by atoms with Crippen LogP contribution in [0.15, 0.2) is 30.5 Å². The van der Waals surface area contributed by atoms with Gasteiger partial charge in [-0.05, 0) is 25.0 Å². The van der Waals surface area contributed by atoms with Gasteiger partial charge >= 0.3 is 5.97 Å². The van der Waals surface area contributed by atoms with Crippen LogP contribution in [0.2, 0.25) is 0 Å².